The second-order valence-electron chi connectivity index (χ2n) is 2.67. The van der Waals surface area contributed by atoms with Gasteiger partial charge in [-0.1, -0.05) is 6.92 Å². The second-order valence-corrected chi connectivity index (χ2v) is 3.84. The first-order chi connectivity index (χ1) is 6.69. The number of carbonyl (C=O) groups is 2. The van der Waals surface area contributed by atoms with E-state index in [2.05, 4.69) is 4.74 Å². The van der Waals surface area contributed by atoms with E-state index in [9.17, 15) is 9.59 Å². The minimum Gasteiger partial charge on any atom is -0.460 e. The summed E-state index contributed by atoms with van der Waals surface area (Å²) in [6.45, 7) is 3.91. The quantitative estimate of drug-likeness (QED) is 0.436. The molecule has 0 radical (unpaired) electrons. The molecule has 0 aliphatic carbocycles. The van der Waals surface area contributed by atoms with Crippen molar-refractivity contribution in [1.29, 1.82) is 0 Å². The van der Waals surface area contributed by atoms with Crippen molar-refractivity contribution in [2.24, 2.45) is 0 Å². The van der Waals surface area contributed by atoms with Crippen molar-refractivity contribution in [2.75, 3.05) is 6.61 Å². The standard InChI is InChI=1S/C10H12O3S/c1-3-7-5-6-8(14-7)9(11)10(12)13-4-2/h5-6H,3-4H2,1-2H3. The maximum absolute atomic E-state index is 11.4. The number of hydrogen-bond acceptors (Lipinski definition) is 4. The first kappa shape index (κ1) is 10.9. The SMILES string of the molecule is CCOC(=O)C(=O)c1ccc(CC)s1. The van der Waals surface area contributed by atoms with Crippen LogP contribution in [0.2, 0.25) is 0 Å². The Labute approximate surface area is 86.7 Å². The Kier molecular flexibility index (Phi) is 3.83. The van der Waals surface area contributed by atoms with Gasteiger partial charge < -0.3 is 4.74 Å². The molecular weight excluding hydrogens is 200 g/mol. The molecule has 0 bridgehead atoms. The largest absolute Gasteiger partial charge is 0.460 e. The number of esters is 1. The maximum Gasteiger partial charge on any atom is 0.380 e. The van der Waals surface area contributed by atoms with Crippen LogP contribution >= 0.6 is 11.3 Å². The molecule has 76 valence electrons. The van der Waals surface area contributed by atoms with Crippen molar-refractivity contribution in [3.05, 3.63) is 21.9 Å². The van der Waals surface area contributed by atoms with Crippen molar-refractivity contribution in [1.82, 2.24) is 0 Å². The van der Waals surface area contributed by atoms with Crippen molar-refractivity contribution in [2.45, 2.75) is 20.3 Å². The number of hydrogen-bond donors (Lipinski definition) is 0. The van der Waals surface area contributed by atoms with Crippen LogP contribution in [0.3, 0.4) is 0 Å². The molecule has 0 aliphatic rings. The molecule has 0 amide bonds. The van der Waals surface area contributed by atoms with Gasteiger partial charge >= 0.3 is 5.97 Å². The van der Waals surface area contributed by atoms with E-state index in [-0.39, 0.29) is 6.61 Å². The van der Waals surface area contributed by atoms with Crippen LogP contribution in [0.5, 0.6) is 0 Å². The molecule has 0 N–H and O–H groups in total. The zero-order chi connectivity index (χ0) is 10.6. The van der Waals surface area contributed by atoms with Gasteiger partial charge in [0.2, 0.25) is 0 Å². The van der Waals surface area contributed by atoms with E-state index >= 15 is 0 Å². The fraction of sp³-hybridized carbons (Fsp3) is 0.400. The molecule has 0 saturated heterocycles. The molecule has 0 spiro atoms. The summed E-state index contributed by atoms with van der Waals surface area (Å²) in [5.74, 6) is -1.31. The van der Waals surface area contributed by atoms with Gasteiger partial charge in [0.1, 0.15) is 0 Å². The third-order valence-corrected chi connectivity index (χ3v) is 2.92. The average Bonchev–Trinajstić information content (AvgIpc) is 2.65. The van der Waals surface area contributed by atoms with E-state index in [1.165, 1.54) is 11.3 Å². The summed E-state index contributed by atoms with van der Waals surface area (Å²) >= 11 is 1.34. The summed E-state index contributed by atoms with van der Waals surface area (Å²) in [6.07, 6.45) is 0.876. The highest BCUT2D eigenvalue weighted by atomic mass is 32.1. The van der Waals surface area contributed by atoms with Gasteiger partial charge in [-0.05, 0) is 25.5 Å². The van der Waals surface area contributed by atoms with Crippen LogP contribution in [0.1, 0.15) is 28.4 Å². The number of thiophene rings is 1. The minimum absolute atomic E-state index is 0.233. The molecule has 0 aromatic carbocycles. The minimum atomic E-state index is -0.767. The number of Topliss-reactive ketones (excluding diaryl/α,β-unsaturated/α-hetero) is 1. The van der Waals surface area contributed by atoms with Crippen molar-refractivity contribution < 1.29 is 14.3 Å². The zero-order valence-electron chi connectivity index (χ0n) is 8.20. The summed E-state index contributed by atoms with van der Waals surface area (Å²) in [5, 5.41) is 0. The Morgan fingerprint density at radius 3 is 2.57 bits per heavy atom. The van der Waals surface area contributed by atoms with Crippen molar-refractivity contribution >= 4 is 23.1 Å². The molecule has 0 atom stereocenters. The molecule has 4 heteroatoms. The Bertz CT molecular complexity index is 341. The van der Waals surface area contributed by atoms with Gasteiger partial charge in [0.25, 0.3) is 5.78 Å². The molecule has 0 fully saturated rings. The van der Waals surface area contributed by atoms with E-state index in [0.29, 0.717) is 4.88 Å². The van der Waals surface area contributed by atoms with Crippen LogP contribution in [-0.4, -0.2) is 18.4 Å². The molecule has 1 aromatic heterocycles. The Morgan fingerprint density at radius 2 is 2.07 bits per heavy atom. The zero-order valence-corrected chi connectivity index (χ0v) is 9.02. The van der Waals surface area contributed by atoms with Gasteiger partial charge in [-0.25, -0.2) is 4.79 Å². The molecule has 0 unspecified atom stereocenters. The summed E-state index contributed by atoms with van der Waals surface area (Å²) in [5.41, 5.74) is 0. The van der Waals surface area contributed by atoms with Crippen molar-refractivity contribution in [3.63, 3.8) is 0 Å². The monoisotopic (exact) mass is 212 g/mol. The smallest absolute Gasteiger partial charge is 0.380 e. The molecule has 1 heterocycles. The lowest BCUT2D eigenvalue weighted by molar-refractivity contribution is -0.137. The summed E-state index contributed by atoms with van der Waals surface area (Å²) in [6, 6.07) is 3.53. The lowest BCUT2D eigenvalue weighted by Crippen LogP contribution is -2.16. The first-order valence-electron chi connectivity index (χ1n) is 4.49. The van der Waals surface area contributed by atoms with Gasteiger partial charge in [0.15, 0.2) is 0 Å². The molecule has 0 saturated carbocycles. The van der Waals surface area contributed by atoms with Crippen LogP contribution in [0, 0.1) is 0 Å². The third kappa shape index (κ3) is 2.42. The van der Waals surface area contributed by atoms with Crippen molar-refractivity contribution in [3.8, 4) is 0 Å². The van der Waals surface area contributed by atoms with E-state index < -0.39 is 11.8 Å². The number of rotatable bonds is 4. The van der Waals surface area contributed by atoms with Gasteiger partial charge in [-0.15, -0.1) is 11.3 Å². The Hall–Kier alpha value is -1.16. The Morgan fingerprint density at radius 1 is 1.36 bits per heavy atom. The number of ketones is 1. The molecule has 0 aliphatic heterocycles. The predicted molar refractivity (Wildman–Crippen MR) is 54.7 cm³/mol. The number of aryl methyl sites for hydroxylation is 1. The van der Waals surface area contributed by atoms with E-state index in [1.807, 2.05) is 13.0 Å². The van der Waals surface area contributed by atoms with Crippen LogP contribution in [0.4, 0.5) is 0 Å². The molecular formula is C10H12O3S. The molecule has 3 nitrogen and oxygen atoms in total. The number of carbonyl (C=O) groups excluding carboxylic acids is 2. The highest BCUT2D eigenvalue weighted by Crippen LogP contribution is 2.17. The summed E-state index contributed by atoms with van der Waals surface area (Å²) in [7, 11) is 0. The van der Waals surface area contributed by atoms with Crippen LogP contribution in [0.25, 0.3) is 0 Å². The van der Waals surface area contributed by atoms with E-state index in [4.69, 9.17) is 0 Å². The Balaban J connectivity index is 2.74. The molecule has 1 aromatic rings. The van der Waals surface area contributed by atoms with Gasteiger partial charge in [0, 0.05) is 4.88 Å². The lowest BCUT2D eigenvalue weighted by atomic mass is 10.3. The van der Waals surface area contributed by atoms with Crippen LogP contribution in [0.15, 0.2) is 12.1 Å². The predicted octanol–water partition coefficient (Wildman–Crippen LogP) is 2.06. The fourth-order valence-electron chi connectivity index (χ4n) is 0.987. The summed E-state index contributed by atoms with van der Waals surface area (Å²) in [4.78, 5) is 24.0. The number of ether oxygens (including phenoxy) is 1. The second kappa shape index (κ2) is 4.91. The molecule has 1 rings (SSSR count). The van der Waals surface area contributed by atoms with Crippen LogP contribution < -0.4 is 0 Å². The van der Waals surface area contributed by atoms with Gasteiger partial charge in [0.05, 0.1) is 11.5 Å². The van der Waals surface area contributed by atoms with E-state index in [0.717, 1.165) is 11.3 Å². The van der Waals surface area contributed by atoms with Gasteiger partial charge in [-0.3, -0.25) is 4.79 Å². The average molecular weight is 212 g/mol. The maximum atomic E-state index is 11.4. The normalized spacial score (nSPS) is 9.86. The van der Waals surface area contributed by atoms with E-state index in [1.54, 1.807) is 13.0 Å². The topological polar surface area (TPSA) is 43.4 Å². The molecule has 14 heavy (non-hydrogen) atoms. The lowest BCUT2D eigenvalue weighted by Gasteiger charge is -1.97. The third-order valence-electron chi connectivity index (χ3n) is 1.69. The van der Waals surface area contributed by atoms with Gasteiger partial charge in [-0.2, -0.15) is 0 Å². The fourth-order valence-corrected chi connectivity index (χ4v) is 1.86. The highest BCUT2D eigenvalue weighted by molar-refractivity contribution is 7.14. The highest BCUT2D eigenvalue weighted by Gasteiger charge is 2.18. The van der Waals surface area contributed by atoms with Crippen LogP contribution in [-0.2, 0) is 16.0 Å². The first-order valence-corrected chi connectivity index (χ1v) is 5.30. The summed E-state index contributed by atoms with van der Waals surface area (Å²) < 4.78 is 4.62.